The molecule has 0 N–H and O–H groups in total. The molecule has 1 heterocycles. The van der Waals surface area contributed by atoms with Crippen molar-refractivity contribution in [3.8, 4) is 11.5 Å². The van der Waals surface area contributed by atoms with E-state index in [1.54, 1.807) is 35.2 Å². The average Bonchev–Trinajstić information content (AvgIpc) is 2.77. The van der Waals surface area contributed by atoms with Crippen LogP contribution in [0, 0.1) is 6.92 Å². The molecule has 0 atom stereocenters. The van der Waals surface area contributed by atoms with E-state index < -0.39 is 16.1 Å². The second kappa shape index (κ2) is 9.57. The number of ether oxygens (including phenoxy) is 2. The van der Waals surface area contributed by atoms with Gasteiger partial charge < -0.3 is 19.3 Å². The maximum absolute atomic E-state index is 13.5. The van der Waals surface area contributed by atoms with E-state index in [1.807, 2.05) is 14.0 Å². The summed E-state index contributed by atoms with van der Waals surface area (Å²) in [7, 11) is 0.952. The molecule has 0 radical (unpaired) electrons. The summed E-state index contributed by atoms with van der Waals surface area (Å²) < 4.78 is 38.6. The molecule has 0 spiro atoms. The maximum atomic E-state index is 13.5. The number of hydrogen-bond acceptors (Lipinski definition) is 6. The van der Waals surface area contributed by atoms with Gasteiger partial charge in [0.1, 0.15) is 11.5 Å². The molecule has 2 amide bonds. The van der Waals surface area contributed by atoms with E-state index in [0.29, 0.717) is 43.2 Å². The number of likely N-dealkylation sites (N-methyl/N-ethyl adjacent to an activating group) is 1. The number of hydrogen-bond donors (Lipinski definition) is 0. The zero-order chi connectivity index (χ0) is 22.6. The van der Waals surface area contributed by atoms with Crippen LogP contribution in [0.4, 0.5) is 4.79 Å². The molecule has 1 aliphatic heterocycles. The Morgan fingerprint density at radius 2 is 1.52 bits per heavy atom. The van der Waals surface area contributed by atoms with Crippen molar-refractivity contribution in [2.45, 2.75) is 18.4 Å². The number of urea groups is 1. The van der Waals surface area contributed by atoms with E-state index in [-0.39, 0.29) is 11.4 Å². The summed E-state index contributed by atoms with van der Waals surface area (Å²) in [5, 5.41) is 0. The molecule has 3 rings (SSSR count). The van der Waals surface area contributed by atoms with E-state index in [2.05, 4.69) is 4.90 Å². The fourth-order valence-electron chi connectivity index (χ4n) is 3.37. The summed E-state index contributed by atoms with van der Waals surface area (Å²) in [6.45, 7) is 4.07. The van der Waals surface area contributed by atoms with Gasteiger partial charge in [0, 0.05) is 32.2 Å². The molecule has 2 aromatic carbocycles. The Morgan fingerprint density at radius 3 is 2.03 bits per heavy atom. The van der Waals surface area contributed by atoms with Crippen LogP contribution in [0.5, 0.6) is 11.5 Å². The Bertz CT molecular complexity index is 994. The molecule has 0 bridgehead atoms. The molecule has 2 aromatic rings. The van der Waals surface area contributed by atoms with Gasteiger partial charge in [-0.3, -0.25) is 0 Å². The monoisotopic (exact) mass is 447 g/mol. The van der Waals surface area contributed by atoms with Gasteiger partial charge in [0.25, 0.3) is 10.0 Å². The van der Waals surface area contributed by atoms with E-state index in [9.17, 15) is 13.2 Å². The maximum Gasteiger partial charge on any atom is 0.334 e. The van der Waals surface area contributed by atoms with Crippen molar-refractivity contribution in [3.05, 3.63) is 53.6 Å². The molecule has 31 heavy (non-hydrogen) atoms. The highest BCUT2D eigenvalue weighted by Gasteiger charge is 2.34. The second-order valence-corrected chi connectivity index (χ2v) is 9.48. The number of carbonyl (C=O) groups excluding carboxylic acids is 1. The Labute approximate surface area is 184 Å². The van der Waals surface area contributed by atoms with Crippen molar-refractivity contribution in [3.63, 3.8) is 0 Å². The summed E-state index contributed by atoms with van der Waals surface area (Å²) >= 11 is 0. The summed E-state index contributed by atoms with van der Waals surface area (Å²) in [5.74, 6) is 1.04. The SMILES string of the molecule is COc1cc(CN(C(=O)N2CCN(C)CC2)S(=O)(=O)c2ccc(C)cc2)cc(OC)c1. The smallest absolute Gasteiger partial charge is 0.334 e. The largest absolute Gasteiger partial charge is 0.497 e. The van der Waals surface area contributed by atoms with Gasteiger partial charge in [0.2, 0.25) is 0 Å². The molecule has 1 saturated heterocycles. The Morgan fingerprint density at radius 1 is 0.968 bits per heavy atom. The zero-order valence-corrected chi connectivity index (χ0v) is 19.2. The minimum absolute atomic E-state index is 0.0791. The average molecular weight is 448 g/mol. The van der Waals surface area contributed by atoms with Crippen LogP contribution in [-0.2, 0) is 16.6 Å². The van der Waals surface area contributed by atoms with E-state index >= 15 is 0 Å². The Hall–Kier alpha value is -2.78. The van der Waals surface area contributed by atoms with Gasteiger partial charge in [-0.1, -0.05) is 17.7 Å². The molecule has 0 aromatic heterocycles. The molecule has 1 fully saturated rings. The summed E-state index contributed by atoms with van der Waals surface area (Å²) in [4.78, 5) is 17.2. The lowest BCUT2D eigenvalue weighted by Crippen LogP contribution is -2.52. The third-order valence-electron chi connectivity index (χ3n) is 5.33. The Kier molecular flexibility index (Phi) is 7.07. The van der Waals surface area contributed by atoms with Crippen LogP contribution in [0.3, 0.4) is 0 Å². The number of sulfonamides is 1. The van der Waals surface area contributed by atoms with Gasteiger partial charge >= 0.3 is 6.03 Å². The predicted octanol–water partition coefficient (Wildman–Crippen LogP) is 2.57. The number of amides is 2. The normalized spacial score (nSPS) is 14.9. The molecule has 9 heteroatoms. The lowest BCUT2D eigenvalue weighted by Gasteiger charge is -2.35. The van der Waals surface area contributed by atoms with Gasteiger partial charge in [0.05, 0.1) is 25.7 Å². The first kappa shape index (κ1) is 22.9. The first-order valence-electron chi connectivity index (χ1n) is 10.0. The minimum Gasteiger partial charge on any atom is -0.497 e. The van der Waals surface area contributed by atoms with Crippen LogP contribution in [-0.4, -0.2) is 76.0 Å². The second-order valence-electron chi connectivity index (χ2n) is 7.62. The number of aryl methyl sites for hydroxylation is 1. The quantitative estimate of drug-likeness (QED) is 0.677. The number of nitrogens with zero attached hydrogens (tertiary/aromatic N) is 3. The molecule has 1 aliphatic rings. The summed E-state index contributed by atoms with van der Waals surface area (Å²) in [5.41, 5.74) is 1.53. The molecule has 0 saturated carbocycles. The van der Waals surface area contributed by atoms with Crippen molar-refractivity contribution in [1.29, 1.82) is 0 Å². The fourth-order valence-corrected chi connectivity index (χ4v) is 4.75. The van der Waals surface area contributed by atoms with Crippen molar-refractivity contribution in [2.75, 3.05) is 47.4 Å². The zero-order valence-electron chi connectivity index (χ0n) is 18.4. The van der Waals surface area contributed by atoms with Gasteiger partial charge in [-0.2, -0.15) is 0 Å². The van der Waals surface area contributed by atoms with Crippen LogP contribution >= 0.6 is 0 Å². The van der Waals surface area contributed by atoms with Gasteiger partial charge in [-0.05, 0) is 43.8 Å². The number of rotatable bonds is 6. The fraction of sp³-hybridized carbons (Fsp3) is 0.409. The van der Waals surface area contributed by atoms with E-state index in [1.165, 1.54) is 26.4 Å². The van der Waals surface area contributed by atoms with Gasteiger partial charge in [-0.25, -0.2) is 17.5 Å². The molecule has 0 aliphatic carbocycles. The van der Waals surface area contributed by atoms with Crippen molar-refractivity contribution < 1.29 is 22.7 Å². The van der Waals surface area contributed by atoms with Gasteiger partial charge in [-0.15, -0.1) is 0 Å². The van der Waals surface area contributed by atoms with Crippen LogP contribution in [0.25, 0.3) is 0 Å². The van der Waals surface area contributed by atoms with Crippen LogP contribution in [0.1, 0.15) is 11.1 Å². The van der Waals surface area contributed by atoms with E-state index in [0.717, 1.165) is 9.87 Å². The first-order chi connectivity index (χ1) is 14.7. The van der Waals surface area contributed by atoms with Crippen LogP contribution in [0.15, 0.2) is 47.4 Å². The third kappa shape index (κ3) is 5.29. The number of piperazine rings is 1. The molecule has 0 unspecified atom stereocenters. The van der Waals surface area contributed by atoms with Crippen LogP contribution in [0.2, 0.25) is 0 Å². The van der Waals surface area contributed by atoms with E-state index in [4.69, 9.17) is 9.47 Å². The summed E-state index contributed by atoms with van der Waals surface area (Å²) in [6, 6.07) is 11.1. The third-order valence-corrected chi connectivity index (χ3v) is 7.07. The minimum atomic E-state index is -4.07. The first-order valence-corrected chi connectivity index (χ1v) is 11.5. The van der Waals surface area contributed by atoms with Gasteiger partial charge in [0.15, 0.2) is 0 Å². The standard InChI is InChI=1S/C22H29N3O5S/c1-17-5-7-21(8-6-17)31(27,28)25(22(26)24-11-9-23(2)10-12-24)16-18-13-19(29-3)15-20(14-18)30-4/h5-8,13-15H,9-12,16H2,1-4H3. The lowest BCUT2D eigenvalue weighted by molar-refractivity contribution is 0.139. The van der Waals surface area contributed by atoms with Crippen molar-refractivity contribution in [2.24, 2.45) is 0 Å². The lowest BCUT2D eigenvalue weighted by atomic mass is 10.2. The highest BCUT2D eigenvalue weighted by atomic mass is 32.2. The molecular formula is C22H29N3O5S. The van der Waals surface area contributed by atoms with Crippen molar-refractivity contribution >= 4 is 16.1 Å². The molecule has 8 nitrogen and oxygen atoms in total. The number of carbonyl (C=O) groups is 1. The number of benzene rings is 2. The Balaban J connectivity index is 2.00. The molecular weight excluding hydrogens is 418 g/mol. The summed E-state index contributed by atoms with van der Waals surface area (Å²) in [6.07, 6.45) is 0. The number of methoxy groups -OCH3 is 2. The van der Waals surface area contributed by atoms with Crippen molar-refractivity contribution in [1.82, 2.24) is 14.1 Å². The predicted molar refractivity (Wildman–Crippen MR) is 118 cm³/mol. The topological polar surface area (TPSA) is 79.4 Å². The van der Waals surface area contributed by atoms with Crippen LogP contribution < -0.4 is 9.47 Å². The molecule has 168 valence electrons. The highest BCUT2D eigenvalue weighted by molar-refractivity contribution is 7.89. The highest BCUT2D eigenvalue weighted by Crippen LogP contribution is 2.26.